The van der Waals surface area contributed by atoms with Crippen LogP contribution in [0, 0.1) is 6.92 Å². The number of carbonyl (C=O) groups excluding carboxylic acids is 1. The van der Waals surface area contributed by atoms with E-state index in [0.29, 0.717) is 5.56 Å². The third-order valence-electron chi connectivity index (χ3n) is 4.04. The van der Waals surface area contributed by atoms with E-state index >= 15 is 0 Å². The van der Waals surface area contributed by atoms with E-state index < -0.39 is 0 Å². The lowest BCUT2D eigenvalue weighted by atomic mass is 10.1. The summed E-state index contributed by atoms with van der Waals surface area (Å²) in [4.78, 5) is 12.4. The van der Waals surface area contributed by atoms with Crippen molar-refractivity contribution in [1.29, 1.82) is 0 Å². The third kappa shape index (κ3) is 2.38. The Bertz CT molecular complexity index is 697. The molecule has 21 heavy (non-hydrogen) atoms. The van der Waals surface area contributed by atoms with Crippen molar-refractivity contribution >= 4 is 5.91 Å². The van der Waals surface area contributed by atoms with Crippen LogP contribution in [0.1, 0.15) is 33.1 Å². The zero-order valence-corrected chi connectivity index (χ0v) is 11.8. The Morgan fingerprint density at radius 2 is 2.00 bits per heavy atom. The molecule has 0 bridgehead atoms. The molecule has 0 saturated heterocycles. The summed E-state index contributed by atoms with van der Waals surface area (Å²) in [5, 5.41) is 13.0. The lowest BCUT2D eigenvalue weighted by Gasteiger charge is -2.19. The van der Waals surface area contributed by atoms with Crippen LogP contribution in [0.2, 0.25) is 0 Å². The van der Waals surface area contributed by atoms with Gasteiger partial charge in [0.1, 0.15) is 5.75 Å². The number of amides is 1. The number of nitrogens with two attached hydrogens (primary N) is 1. The number of aryl methyl sites for hydroxylation is 1. The van der Waals surface area contributed by atoms with Gasteiger partial charge in [-0.25, -0.2) is 0 Å². The first kappa shape index (κ1) is 13.6. The van der Waals surface area contributed by atoms with E-state index in [1.165, 1.54) is 5.56 Å². The second-order valence-corrected chi connectivity index (χ2v) is 5.49. The van der Waals surface area contributed by atoms with E-state index in [9.17, 15) is 9.90 Å². The molecule has 1 amide bonds. The molecule has 2 aromatic rings. The number of phenols is 1. The maximum absolute atomic E-state index is 12.4. The standard InChI is InChI=1S/C17H18N2O2/c1-10-5-4-8-13(16(10)20)17(21)19-15-12-7-3-2-6-11(12)9-14(15)18/h2-8,14-15,20H,9,18H2,1H3,(H,19,21). The minimum atomic E-state index is -0.298. The first-order valence-corrected chi connectivity index (χ1v) is 7.00. The molecule has 0 aliphatic heterocycles. The van der Waals surface area contributed by atoms with Crippen molar-refractivity contribution in [3.8, 4) is 5.75 Å². The summed E-state index contributed by atoms with van der Waals surface area (Å²) in [5.41, 5.74) is 9.34. The highest BCUT2D eigenvalue weighted by molar-refractivity contribution is 5.97. The molecule has 2 atom stereocenters. The molecule has 4 N–H and O–H groups in total. The van der Waals surface area contributed by atoms with Crippen LogP contribution in [0.3, 0.4) is 0 Å². The maximum atomic E-state index is 12.4. The SMILES string of the molecule is Cc1cccc(C(=O)NC2c3ccccc3CC2N)c1O. The quantitative estimate of drug-likeness (QED) is 0.789. The molecule has 3 rings (SSSR count). The molecular weight excluding hydrogens is 264 g/mol. The highest BCUT2D eigenvalue weighted by Gasteiger charge is 2.31. The van der Waals surface area contributed by atoms with Gasteiger partial charge in [-0.1, -0.05) is 36.4 Å². The number of para-hydroxylation sites is 1. The van der Waals surface area contributed by atoms with Crippen LogP contribution in [-0.4, -0.2) is 17.1 Å². The number of carbonyl (C=O) groups is 1. The molecular formula is C17H18N2O2. The van der Waals surface area contributed by atoms with Crippen LogP contribution in [0.15, 0.2) is 42.5 Å². The van der Waals surface area contributed by atoms with Crippen LogP contribution < -0.4 is 11.1 Å². The Kier molecular flexibility index (Phi) is 3.39. The number of benzene rings is 2. The van der Waals surface area contributed by atoms with Gasteiger partial charge in [-0.3, -0.25) is 4.79 Å². The van der Waals surface area contributed by atoms with Gasteiger partial charge in [0.15, 0.2) is 0 Å². The number of nitrogens with one attached hydrogen (secondary N) is 1. The number of phenolic OH excluding ortho intramolecular Hbond substituents is 1. The van der Waals surface area contributed by atoms with Crippen LogP contribution >= 0.6 is 0 Å². The first-order valence-electron chi connectivity index (χ1n) is 7.00. The highest BCUT2D eigenvalue weighted by Crippen LogP contribution is 2.31. The van der Waals surface area contributed by atoms with Gasteiger partial charge in [0, 0.05) is 6.04 Å². The Balaban J connectivity index is 1.87. The molecule has 0 radical (unpaired) electrons. The molecule has 0 saturated carbocycles. The summed E-state index contributed by atoms with van der Waals surface area (Å²) >= 11 is 0. The van der Waals surface area contributed by atoms with Crippen molar-refractivity contribution in [2.45, 2.75) is 25.4 Å². The largest absolute Gasteiger partial charge is 0.507 e. The minimum Gasteiger partial charge on any atom is -0.507 e. The summed E-state index contributed by atoms with van der Waals surface area (Å²) in [6.07, 6.45) is 0.751. The van der Waals surface area contributed by atoms with Gasteiger partial charge in [0.25, 0.3) is 5.91 Å². The molecule has 1 aliphatic carbocycles. The summed E-state index contributed by atoms with van der Waals surface area (Å²) < 4.78 is 0. The fraction of sp³-hybridized carbons (Fsp3) is 0.235. The second kappa shape index (κ2) is 5.22. The Morgan fingerprint density at radius 3 is 2.81 bits per heavy atom. The van der Waals surface area contributed by atoms with Gasteiger partial charge in [-0.05, 0) is 36.1 Å². The fourth-order valence-corrected chi connectivity index (χ4v) is 2.87. The van der Waals surface area contributed by atoms with Gasteiger partial charge in [-0.2, -0.15) is 0 Å². The molecule has 4 heteroatoms. The summed E-state index contributed by atoms with van der Waals surface area (Å²) in [6.45, 7) is 1.77. The summed E-state index contributed by atoms with van der Waals surface area (Å²) in [6, 6.07) is 12.7. The van der Waals surface area contributed by atoms with Crippen molar-refractivity contribution in [3.63, 3.8) is 0 Å². The molecule has 0 fully saturated rings. The van der Waals surface area contributed by atoms with Crippen molar-refractivity contribution in [2.24, 2.45) is 5.73 Å². The lowest BCUT2D eigenvalue weighted by Crippen LogP contribution is -2.38. The van der Waals surface area contributed by atoms with Gasteiger partial charge in [0.05, 0.1) is 11.6 Å². The first-order chi connectivity index (χ1) is 10.1. The zero-order valence-electron chi connectivity index (χ0n) is 11.8. The molecule has 0 heterocycles. The van der Waals surface area contributed by atoms with E-state index in [1.54, 1.807) is 25.1 Å². The second-order valence-electron chi connectivity index (χ2n) is 5.49. The van der Waals surface area contributed by atoms with E-state index in [1.807, 2.05) is 24.3 Å². The zero-order chi connectivity index (χ0) is 15.0. The average Bonchev–Trinajstić information content (AvgIpc) is 2.78. The van der Waals surface area contributed by atoms with E-state index in [-0.39, 0.29) is 29.3 Å². The van der Waals surface area contributed by atoms with Crippen molar-refractivity contribution in [2.75, 3.05) is 0 Å². The van der Waals surface area contributed by atoms with Crippen molar-refractivity contribution in [3.05, 3.63) is 64.7 Å². The smallest absolute Gasteiger partial charge is 0.255 e. The summed E-state index contributed by atoms with van der Waals surface area (Å²) in [7, 11) is 0. The Hall–Kier alpha value is -2.33. The maximum Gasteiger partial charge on any atom is 0.255 e. The van der Waals surface area contributed by atoms with Crippen LogP contribution in [0.4, 0.5) is 0 Å². The summed E-state index contributed by atoms with van der Waals surface area (Å²) in [5.74, 6) is -0.275. The number of fused-ring (bicyclic) bond motifs is 1. The van der Waals surface area contributed by atoms with E-state index in [4.69, 9.17) is 5.73 Å². The highest BCUT2D eigenvalue weighted by atomic mass is 16.3. The molecule has 0 spiro atoms. The van der Waals surface area contributed by atoms with Crippen molar-refractivity contribution < 1.29 is 9.90 Å². The van der Waals surface area contributed by atoms with Gasteiger partial charge in [-0.15, -0.1) is 0 Å². The molecule has 1 aliphatic rings. The lowest BCUT2D eigenvalue weighted by molar-refractivity contribution is 0.0930. The Labute approximate surface area is 123 Å². The molecule has 2 aromatic carbocycles. The fourth-order valence-electron chi connectivity index (χ4n) is 2.87. The molecule has 0 aromatic heterocycles. The number of rotatable bonds is 2. The average molecular weight is 282 g/mol. The van der Waals surface area contributed by atoms with Gasteiger partial charge >= 0.3 is 0 Å². The predicted molar refractivity (Wildman–Crippen MR) is 81.2 cm³/mol. The van der Waals surface area contributed by atoms with Crippen LogP contribution in [-0.2, 0) is 6.42 Å². The minimum absolute atomic E-state index is 0.0230. The topological polar surface area (TPSA) is 75.4 Å². The number of hydrogen-bond donors (Lipinski definition) is 3. The van der Waals surface area contributed by atoms with Crippen LogP contribution in [0.25, 0.3) is 0 Å². The Morgan fingerprint density at radius 1 is 1.24 bits per heavy atom. The molecule has 108 valence electrons. The normalized spacial score (nSPS) is 20.1. The monoisotopic (exact) mass is 282 g/mol. The van der Waals surface area contributed by atoms with Crippen molar-refractivity contribution in [1.82, 2.24) is 5.32 Å². The molecule has 2 unspecified atom stereocenters. The predicted octanol–water partition coefficient (Wildman–Crippen LogP) is 2.06. The number of aromatic hydroxyl groups is 1. The van der Waals surface area contributed by atoms with E-state index in [2.05, 4.69) is 5.32 Å². The van der Waals surface area contributed by atoms with E-state index in [0.717, 1.165) is 12.0 Å². The van der Waals surface area contributed by atoms with Gasteiger partial charge < -0.3 is 16.2 Å². The number of hydrogen-bond acceptors (Lipinski definition) is 3. The van der Waals surface area contributed by atoms with Crippen LogP contribution in [0.5, 0.6) is 5.75 Å². The third-order valence-corrected chi connectivity index (χ3v) is 4.04. The molecule has 4 nitrogen and oxygen atoms in total. The van der Waals surface area contributed by atoms with Gasteiger partial charge in [0.2, 0.25) is 0 Å².